The number of aliphatic carboxylic acids is 2. The third kappa shape index (κ3) is 9.97. The lowest BCUT2D eigenvalue weighted by Gasteiger charge is -2.15. The molecular weight excluding hydrogens is 312 g/mol. The highest BCUT2D eigenvalue weighted by Gasteiger charge is 2.24. The summed E-state index contributed by atoms with van der Waals surface area (Å²) in [6.45, 7) is 5.11. The van der Waals surface area contributed by atoms with Crippen molar-refractivity contribution in [3.63, 3.8) is 0 Å². The standard InChI is InChI=1S/C18H28O6/c1-12(8-13(2)9-14(3)10-17(21)22)6-4-5-7-16(20)15(11-19)18(23)24/h4,6,9-10,12,15-16,19-20H,5,7-8,11H2,1-3H3,(H,21,22)(H,23,24)/b6-4+,13-9+,14-10+. The lowest BCUT2D eigenvalue weighted by atomic mass is 9.97. The van der Waals surface area contributed by atoms with Gasteiger partial charge in [0, 0.05) is 6.08 Å². The first-order valence-electron chi connectivity index (χ1n) is 7.94. The molecule has 0 aromatic rings. The summed E-state index contributed by atoms with van der Waals surface area (Å²) in [7, 11) is 0. The van der Waals surface area contributed by atoms with Crippen LogP contribution in [0, 0.1) is 11.8 Å². The van der Waals surface area contributed by atoms with Gasteiger partial charge in [0.25, 0.3) is 0 Å². The van der Waals surface area contributed by atoms with Crippen LogP contribution in [-0.2, 0) is 9.59 Å². The van der Waals surface area contributed by atoms with Gasteiger partial charge in [-0.1, -0.05) is 30.7 Å². The van der Waals surface area contributed by atoms with Crippen molar-refractivity contribution < 1.29 is 30.0 Å². The normalized spacial score (nSPS) is 16.9. The van der Waals surface area contributed by atoms with E-state index < -0.39 is 30.6 Å². The molecule has 0 saturated carbocycles. The van der Waals surface area contributed by atoms with Crippen molar-refractivity contribution in [2.75, 3.05) is 6.61 Å². The van der Waals surface area contributed by atoms with Crippen LogP contribution in [0.15, 0.2) is 35.5 Å². The predicted octanol–water partition coefficient (Wildman–Crippen LogP) is 2.38. The topological polar surface area (TPSA) is 115 Å². The van der Waals surface area contributed by atoms with E-state index in [1.54, 1.807) is 6.92 Å². The molecule has 0 bridgehead atoms. The second-order valence-corrected chi connectivity index (χ2v) is 6.10. The fourth-order valence-corrected chi connectivity index (χ4v) is 2.42. The minimum absolute atomic E-state index is 0.240. The van der Waals surface area contributed by atoms with E-state index in [1.165, 1.54) is 0 Å². The molecule has 0 aliphatic rings. The van der Waals surface area contributed by atoms with Crippen LogP contribution in [0.1, 0.15) is 40.0 Å². The van der Waals surface area contributed by atoms with Crippen molar-refractivity contribution >= 4 is 11.9 Å². The minimum atomic E-state index is -1.20. The SMILES string of the molecule is CC(=C\C(=O)O)/C=C(\C)CC(C)/C=C/CCC(O)C(CO)C(=O)O. The van der Waals surface area contributed by atoms with Gasteiger partial charge in [-0.15, -0.1) is 0 Å². The Labute approximate surface area is 142 Å². The highest BCUT2D eigenvalue weighted by atomic mass is 16.4. The summed E-state index contributed by atoms with van der Waals surface area (Å²) < 4.78 is 0. The van der Waals surface area contributed by atoms with Crippen LogP contribution >= 0.6 is 0 Å². The molecule has 3 unspecified atom stereocenters. The molecule has 0 heterocycles. The lowest BCUT2D eigenvalue weighted by molar-refractivity contribution is -0.147. The molecule has 6 nitrogen and oxygen atoms in total. The highest BCUT2D eigenvalue weighted by molar-refractivity contribution is 5.81. The quantitative estimate of drug-likeness (QED) is 0.261. The Morgan fingerprint density at radius 2 is 1.75 bits per heavy atom. The molecule has 0 saturated heterocycles. The number of rotatable bonds is 11. The molecule has 0 spiro atoms. The summed E-state index contributed by atoms with van der Waals surface area (Å²) in [6.07, 6.45) is 7.36. The number of aliphatic hydroxyl groups is 2. The third-order valence-corrected chi connectivity index (χ3v) is 3.54. The largest absolute Gasteiger partial charge is 0.481 e. The smallest absolute Gasteiger partial charge is 0.328 e. The van der Waals surface area contributed by atoms with E-state index in [4.69, 9.17) is 15.3 Å². The molecule has 0 rings (SSSR count). The molecule has 0 radical (unpaired) electrons. The van der Waals surface area contributed by atoms with E-state index in [-0.39, 0.29) is 12.3 Å². The fraction of sp³-hybridized carbons (Fsp3) is 0.556. The third-order valence-electron chi connectivity index (χ3n) is 3.54. The van der Waals surface area contributed by atoms with Gasteiger partial charge in [-0.3, -0.25) is 4.79 Å². The molecule has 4 N–H and O–H groups in total. The Balaban J connectivity index is 4.35. The number of aliphatic hydroxyl groups excluding tert-OH is 2. The number of hydrogen-bond donors (Lipinski definition) is 4. The van der Waals surface area contributed by atoms with Gasteiger partial charge in [-0.05, 0) is 44.6 Å². The first-order valence-corrected chi connectivity index (χ1v) is 7.94. The monoisotopic (exact) mass is 340 g/mol. The van der Waals surface area contributed by atoms with Crippen molar-refractivity contribution in [1.82, 2.24) is 0 Å². The van der Waals surface area contributed by atoms with Gasteiger partial charge in [-0.2, -0.15) is 0 Å². The molecule has 0 aliphatic heterocycles. The molecule has 3 atom stereocenters. The zero-order valence-corrected chi connectivity index (χ0v) is 14.5. The molecule has 0 fully saturated rings. The lowest BCUT2D eigenvalue weighted by Crippen LogP contribution is -2.31. The summed E-state index contributed by atoms with van der Waals surface area (Å²) in [5.74, 6) is -3.08. The van der Waals surface area contributed by atoms with Crippen molar-refractivity contribution in [3.05, 3.63) is 35.5 Å². The minimum Gasteiger partial charge on any atom is -0.481 e. The first-order chi connectivity index (χ1) is 11.2. The summed E-state index contributed by atoms with van der Waals surface area (Å²) >= 11 is 0. The van der Waals surface area contributed by atoms with Crippen LogP contribution in [0.25, 0.3) is 0 Å². The molecule has 0 aromatic carbocycles. The Hall–Kier alpha value is -1.92. The fourth-order valence-electron chi connectivity index (χ4n) is 2.42. The molecule has 0 aromatic heterocycles. The van der Waals surface area contributed by atoms with Crippen molar-refractivity contribution in [1.29, 1.82) is 0 Å². The zero-order chi connectivity index (χ0) is 18.7. The Bertz CT molecular complexity index is 504. The second-order valence-electron chi connectivity index (χ2n) is 6.10. The van der Waals surface area contributed by atoms with Gasteiger partial charge in [0.15, 0.2) is 0 Å². The summed E-state index contributed by atoms with van der Waals surface area (Å²) in [6, 6.07) is 0. The number of carbonyl (C=O) groups is 2. The van der Waals surface area contributed by atoms with E-state index in [0.29, 0.717) is 12.0 Å². The summed E-state index contributed by atoms with van der Waals surface area (Å²) in [5.41, 5.74) is 1.75. The van der Waals surface area contributed by atoms with Crippen LogP contribution in [-0.4, -0.2) is 45.1 Å². The van der Waals surface area contributed by atoms with Gasteiger partial charge in [0.1, 0.15) is 5.92 Å². The van der Waals surface area contributed by atoms with E-state index in [1.807, 2.05) is 32.1 Å². The molecular formula is C18H28O6. The first kappa shape index (κ1) is 22.1. The van der Waals surface area contributed by atoms with Gasteiger partial charge < -0.3 is 20.4 Å². The number of carboxylic acids is 2. The molecule has 0 aliphatic carbocycles. The van der Waals surface area contributed by atoms with E-state index in [9.17, 15) is 14.7 Å². The molecule has 136 valence electrons. The van der Waals surface area contributed by atoms with Gasteiger partial charge in [0.05, 0.1) is 12.7 Å². The van der Waals surface area contributed by atoms with Crippen molar-refractivity contribution in [2.45, 2.75) is 46.1 Å². The Kier molecular flexibility index (Phi) is 10.7. The maximum absolute atomic E-state index is 10.8. The van der Waals surface area contributed by atoms with Crippen LogP contribution in [0.5, 0.6) is 0 Å². The van der Waals surface area contributed by atoms with Crippen LogP contribution in [0.2, 0.25) is 0 Å². The van der Waals surface area contributed by atoms with Crippen molar-refractivity contribution in [3.8, 4) is 0 Å². The van der Waals surface area contributed by atoms with Crippen LogP contribution < -0.4 is 0 Å². The zero-order valence-electron chi connectivity index (χ0n) is 14.5. The van der Waals surface area contributed by atoms with Crippen LogP contribution in [0.4, 0.5) is 0 Å². The average molecular weight is 340 g/mol. The van der Waals surface area contributed by atoms with Crippen molar-refractivity contribution in [2.24, 2.45) is 11.8 Å². The number of carboxylic acid groups (broad SMARTS) is 2. The highest BCUT2D eigenvalue weighted by Crippen LogP contribution is 2.16. The van der Waals surface area contributed by atoms with E-state index in [2.05, 4.69) is 0 Å². The Morgan fingerprint density at radius 1 is 1.12 bits per heavy atom. The van der Waals surface area contributed by atoms with Gasteiger partial charge in [0.2, 0.25) is 0 Å². The second kappa shape index (κ2) is 11.6. The van der Waals surface area contributed by atoms with E-state index in [0.717, 1.165) is 18.1 Å². The predicted molar refractivity (Wildman–Crippen MR) is 91.5 cm³/mol. The summed E-state index contributed by atoms with van der Waals surface area (Å²) in [4.78, 5) is 21.4. The molecule has 6 heteroatoms. The van der Waals surface area contributed by atoms with E-state index >= 15 is 0 Å². The maximum Gasteiger partial charge on any atom is 0.328 e. The average Bonchev–Trinajstić information content (AvgIpc) is 2.42. The maximum atomic E-state index is 10.8. The Morgan fingerprint density at radius 3 is 2.25 bits per heavy atom. The van der Waals surface area contributed by atoms with Gasteiger partial charge in [-0.25, -0.2) is 4.79 Å². The molecule has 0 amide bonds. The van der Waals surface area contributed by atoms with Gasteiger partial charge >= 0.3 is 11.9 Å². The number of allylic oxidation sites excluding steroid dienone is 5. The van der Waals surface area contributed by atoms with Crippen LogP contribution in [0.3, 0.4) is 0 Å². The summed E-state index contributed by atoms with van der Waals surface area (Å²) in [5, 5.41) is 36.2. The molecule has 24 heavy (non-hydrogen) atoms. The number of hydrogen-bond acceptors (Lipinski definition) is 4.